The van der Waals surface area contributed by atoms with Gasteiger partial charge in [-0.2, -0.15) is 18.4 Å². The highest BCUT2D eigenvalue weighted by molar-refractivity contribution is 6.32. The molecule has 0 aromatic heterocycles. The van der Waals surface area contributed by atoms with E-state index in [1.807, 2.05) is 0 Å². The number of rotatable bonds is 3. The molecule has 3 nitrogen and oxygen atoms in total. The molecule has 0 saturated carbocycles. The van der Waals surface area contributed by atoms with Crippen LogP contribution < -0.4 is 0 Å². The lowest BCUT2D eigenvalue weighted by molar-refractivity contribution is -0.142. The molecule has 0 aliphatic heterocycles. The zero-order valence-electron chi connectivity index (χ0n) is 9.84. The van der Waals surface area contributed by atoms with Crippen molar-refractivity contribution in [2.24, 2.45) is 0 Å². The van der Waals surface area contributed by atoms with Crippen molar-refractivity contribution in [3.63, 3.8) is 0 Å². The van der Waals surface area contributed by atoms with Crippen molar-refractivity contribution < 1.29 is 22.7 Å². The van der Waals surface area contributed by atoms with Gasteiger partial charge in [-0.3, -0.25) is 4.79 Å². The maximum Gasteiger partial charge on any atom is 0.417 e. The van der Waals surface area contributed by atoms with Gasteiger partial charge in [-0.15, -0.1) is 0 Å². The molecule has 0 N–H and O–H groups in total. The zero-order valence-corrected chi connectivity index (χ0v) is 10.6. The molecule has 102 valence electrons. The van der Waals surface area contributed by atoms with E-state index in [9.17, 15) is 18.0 Å². The second-order valence-electron chi connectivity index (χ2n) is 3.55. The summed E-state index contributed by atoms with van der Waals surface area (Å²) in [6.45, 7) is 1.75. The van der Waals surface area contributed by atoms with Crippen LogP contribution in [-0.4, -0.2) is 12.6 Å². The Hall–Kier alpha value is -1.74. The van der Waals surface area contributed by atoms with Crippen LogP contribution in [0.1, 0.15) is 23.6 Å². The normalized spacial score (nSPS) is 10.9. The number of carbonyl (C=O) groups is 1. The molecule has 1 rings (SSSR count). The van der Waals surface area contributed by atoms with Crippen LogP contribution in [-0.2, 0) is 22.1 Å². The largest absolute Gasteiger partial charge is 0.466 e. The zero-order chi connectivity index (χ0) is 14.6. The van der Waals surface area contributed by atoms with Crippen LogP contribution in [0.4, 0.5) is 13.2 Å². The first-order valence-electron chi connectivity index (χ1n) is 5.25. The Balaban J connectivity index is 3.21. The summed E-state index contributed by atoms with van der Waals surface area (Å²) in [5.41, 5.74) is -1.35. The third kappa shape index (κ3) is 3.61. The molecule has 0 unspecified atom stereocenters. The summed E-state index contributed by atoms with van der Waals surface area (Å²) < 4.78 is 42.5. The molecule has 0 atom stereocenters. The minimum absolute atomic E-state index is 0.110. The second-order valence-corrected chi connectivity index (χ2v) is 3.93. The number of ether oxygens (including phenoxy) is 1. The molecule has 0 aliphatic rings. The van der Waals surface area contributed by atoms with Crippen LogP contribution >= 0.6 is 11.6 Å². The Morgan fingerprint density at radius 1 is 1.47 bits per heavy atom. The van der Waals surface area contributed by atoms with Gasteiger partial charge in [0.25, 0.3) is 0 Å². The molecule has 1 aromatic carbocycles. The second kappa shape index (κ2) is 5.93. The van der Waals surface area contributed by atoms with Crippen molar-refractivity contribution >= 4 is 17.6 Å². The lowest BCUT2D eigenvalue weighted by atomic mass is 10.0. The number of nitriles is 1. The van der Waals surface area contributed by atoms with Crippen molar-refractivity contribution in [1.82, 2.24) is 0 Å². The van der Waals surface area contributed by atoms with Gasteiger partial charge in [0, 0.05) is 0 Å². The third-order valence-electron chi connectivity index (χ3n) is 2.29. The first-order chi connectivity index (χ1) is 8.81. The van der Waals surface area contributed by atoms with E-state index >= 15 is 0 Å². The maximum atomic E-state index is 12.6. The number of hydrogen-bond acceptors (Lipinski definition) is 3. The minimum atomic E-state index is -4.65. The predicted octanol–water partition coefficient (Wildman–Crippen LogP) is 3.34. The molecule has 0 saturated heterocycles. The first-order valence-corrected chi connectivity index (χ1v) is 5.63. The smallest absolute Gasteiger partial charge is 0.417 e. The Morgan fingerprint density at radius 3 is 2.58 bits per heavy atom. The van der Waals surface area contributed by atoms with Gasteiger partial charge in [0.1, 0.15) is 6.07 Å². The van der Waals surface area contributed by atoms with E-state index in [-0.39, 0.29) is 24.2 Å². The maximum absolute atomic E-state index is 12.6. The average molecular weight is 292 g/mol. The van der Waals surface area contributed by atoms with Gasteiger partial charge in [-0.25, -0.2) is 0 Å². The number of hydrogen-bond donors (Lipinski definition) is 0. The molecule has 7 heteroatoms. The highest BCUT2D eigenvalue weighted by atomic mass is 35.5. The fourth-order valence-corrected chi connectivity index (χ4v) is 1.80. The average Bonchev–Trinajstić information content (AvgIpc) is 2.27. The molecule has 0 spiro atoms. The van der Waals surface area contributed by atoms with Crippen LogP contribution in [0.2, 0.25) is 5.02 Å². The van der Waals surface area contributed by atoms with Crippen LogP contribution in [0.25, 0.3) is 0 Å². The van der Waals surface area contributed by atoms with Crippen molar-refractivity contribution in [3.8, 4) is 6.07 Å². The van der Waals surface area contributed by atoms with Crippen molar-refractivity contribution in [2.45, 2.75) is 19.5 Å². The van der Waals surface area contributed by atoms with Crippen LogP contribution in [0.5, 0.6) is 0 Å². The highest BCUT2D eigenvalue weighted by Crippen LogP contribution is 2.37. The minimum Gasteiger partial charge on any atom is -0.466 e. The molecule has 0 radical (unpaired) electrons. The van der Waals surface area contributed by atoms with Gasteiger partial charge < -0.3 is 4.74 Å². The van der Waals surface area contributed by atoms with E-state index in [1.54, 1.807) is 13.0 Å². The van der Waals surface area contributed by atoms with Crippen molar-refractivity contribution in [3.05, 3.63) is 33.8 Å². The first kappa shape index (κ1) is 15.3. The van der Waals surface area contributed by atoms with E-state index in [1.165, 1.54) is 0 Å². The Labute approximate surface area is 112 Å². The molecular weight excluding hydrogens is 283 g/mol. The van der Waals surface area contributed by atoms with E-state index in [2.05, 4.69) is 4.74 Å². The van der Waals surface area contributed by atoms with E-state index in [0.29, 0.717) is 0 Å². The number of nitrogens with zero attached hydrogens (tertiary/aromatic N) is 1. The van der Waals surface area contributed by atoms with Gasteiger partial charge in [-0.1, -0.05) is 17.7 Å². The van der Waals surface area contributed by atoms with Crippen LogP contribution in [0.3, 0.4) is 0 Å². The van der Waals surface area contributed by atoms with Crippen molar-refractivity contribution in [1.29, 1.82) is 5.26 Å². The number of halogens is 4. The summed E-state index contributed by atoms with van der Waals surface area (Å²) >= 11 is 5.56. The summed E-state index contributed by atoms with van der Waals surface area (Å²) in [5, 5.41) is 8.18. The van der Waals surface area contributed by atoms with Gasteiger partial charge in [0.15, 0.2) is 0 Å². The molecule has 0 bridgehead atoms. The third-order valence-corrected chi connectivity index (χ3v) is 2.68. The van der Waals surface area contributed by atoms with Gasteiger partial charge in [0.05, 0.1) is 29.2 Å². The van der Waals surface area contributed by atoms with Gasteiger partial charge in [0.2, 0.25) is 0 Å². The molecule has 0 aliphatic carbocycles. The predicted molar refractivity (Wildman–Crippen MR) is 61.5 cm³/mol. The van der Waals surface area contributed by atoms with E-state index < -0.39 is 22.7 Å². The lowest BCUT2D eigenvalue weighted by Crippen LogP contribution is -2.11. The molecular formula is C12H9ClF3NO2. The fraction of sp³-hybridized carbons (Fsp3) is 0.333. The van der Waals surface area contributed by atoms with Crippen molar-refractivity contribution in [2.75, 3.05) is 6.61 Å². The molecule has 0 amide bonds. The Morgan fingerprint density at radius 2 is 2.11 bits per heavy atom. The number of esters is 1. The van der Waals surface area contributed by atoms with Crippen LogP contribution in [0, 0.1) is 11.3 Å². The monoisotopic (exact) mass is 291 g/mol. The van der Waals surface area contributed by atoms with Gasteiger partial charge >= 0.3 is 12.1 Å². The quantitative estimate of drug-likeness (QED) is 0.803. The van der Waals surface area contributed by atoms with E-state index in [0.717, 1.165) is 12.1 Å². The number of carbonyl (C=O) groups excluding carboxylic acids is 1. The number of benzene rings is 1. The van der Waals surface area contributed by atoms with Gasteiger partial charge in [-0.05, 0) is 18.6 Å². The Bertz CT molecular complexity index is 535. The summed E-state index contributed by atoms with van der Waals surface area (Å²) in [6, 6.07) is 3.39. The number of alkyl halides is 3. The lowest BCUT2D eigenvalue weighted by Gasteiger charge is -2.12. The summed E-state index contributed by atoms with van der Waals surface area (Å²) in [6.07, 6.45) is -4.94. The molecule has 0 fully saturated rings. The topological polar surface area (TPSA) is 50.1 Å². The summed E-state index contributed by atoms with van der Waals surface area (Å²) in [5.74, 6) is -0.630. The molecule has 0 heterocycles. The Kier molecular flexibility index (Phi) is 4.78. The SMILES string of the molecule is CCOC(=O)Cc1ccc(C(F)(F)F)c(Cl)c1C#N. The standard InChI is InChI=1S/C12H9ClF3NO2/c1-2-19-10(18)5-7-3-4-9(12(14,15)16)11(13)8(7)6-17/h3-4H,2,5H2,1H3. The molecule has 19 heavy (non-hydrogen) atoms. The fourth-order valence-electron chi connectivity index (χ4n) is 1.47. The highest BCUT2D eigenvalue weighted by Gasteiger charge is 2.34. The molecule has 1 aromatic rings. The van der Waals surface area contributed by atoms with Crippen LogP contribution in [0.15, 0.2) is 12.1 Å². The summed E-state index contributed by atoms with van der Waals surface area (Å²) in [4.78, 5) is 11.3. The van der Waals surface area contributed by atoms with E-state index in [4.69, 9.17) is 16.9 Å². The summed E-state index contributed by atoms with van der Waals surface area (Å²) in [7, 11) is 0.